The van der Waals surface area contributed by atoms with Crippen LogP contribution < -0.4 is 14.4 Å². The van der Waals surface area contributed by atoms with Crippen LogP contribution in [0.1, 0.15) is 150 Å². The lowest BCUT2D eigenvalue weighted by atomic mass is 9.81. The van der Waals surface area contributed by atoms with Gasteiger partial charge in [-0.05, 0) is 111 Å². The number of hydrogen-bond donors (Lipinski definition) is 0. The van der Waals surface area contributed by atoms with Gasteiger partial charge in [0.2, 0.25) is 5.69 Å². The Balaban J connectivity index is 1.48. The molecule has 0 amide bonds. The van der Waals surface area contributed by atoms with E-state index in [9.17, 15) is 0 Å². The Labute approximate surface area is 327 Å². The summed E-state index contributed by atoms with van der Waals surface area (Å²) in [6.45, 7) is 24.2. The van der Waals surface area contributed by atoms with Gasteiger partial charge in [-0.2, -0.15) is 4.58 Å². The molecule has 0 N–H and O–H groups in total. The quantitative estimate of drug-likeness (QED) is 0.112. The zero-order chi connectivity index (χ0) is 38.2. The highest BCUT2D eigenvalue weighted by molar-refractivity contribution is 6.32. The van der Waals surface area contributed by atoms with Crippen molar-refractivity contribution >= 4 is 28.7 Å². The minimum absolute atomic E-state index is 0.141. The third-order valence-corrected chi connectivity index (χ3v) is 12.1. The van der Waals surface area contributed by atoms with E-state index in [1.807, 2.05) is 0 Å². The molecule has 2 aromatic rings. The van der Waals surface area contributed by atoms with E-state index in [1.165, 1.54) is 50.6 Å². The lowest BCUT2D eigenvalue weighted by molar-refractivity contribution is -0.438. The minimum Gasteiger partial charge on any atom is -0.494 e. The van der Waals surface area contributed by atoms with Crippen LogP contribution >= 0.6 is 11.6 Å². The molecule has 0 saturated heterocycles. The zero-order valence-corrected chi connectivity index (χ0v) is 35.4. The summed E-state index contributed by atoms with van der Waals surface area (Å²) in [5.74, 6) is 2.03. The second-order valence-corrected chi connectivity index (χ2v) is 16.7. The lowest BCUT2D eigenvalue weighted by Gasteiger charge is -2.27. The monoisotopic (exact) mass is 739 g/mol. The molecule has 2 aromatic carbocycles. The van der Waals surface area contributed by atoms with Crippen molar-refractivity contribution in [2.45, 2.75) is 150 Å². The fourth-order valence-electron chi connectivity index (χ4n) is 8.24. The number of ether oxygens (including phenoxy) is 2. The molecule has 0 spiro atoms. The van der Waals surface area contributed by atoms with Crippen molar-refractivity contribution in [3.05, 3.63) is 93.2 Å². The van der Waals surface area contributed by atoms with Gasteiger partial charge in [0.05, 0.1) is 18.6 Å². The maximum atomic E-state index is 7.34. The maximum Gasteiger partial charge on any atom is 0.210 e. The van der Waals surface area contributed by atoms with E-state index in [2.05, 4.69) is 126 Å². The largest absolute Gasteiger partial charge is 0.494 e. The Morgan fingerprint density at radius 2 is 1.49 bits per heavy atom. The van der Waals surface area contributed by atoms with Crippen molar-refractivity contribution in [1.29, 1.82) is 0 Å². The predicted molar refractivity (Wildman–Crippen MR) is 228 cm³/mol. The number of fused-ring (bicyclic) bond motifs is 2. The molecule has 0 saturated carbocycles. The first-order valence-corrected chi connectivity index (χ1v) is 21.4. The van der Waals surface area contributed by atoms with E-state index in [1.54, 1.807) is 0 Å². The molecule has 2 heterocycles. The summed E-state index contributed by atoms with van der Waals surface area (Å²) < 4.78 is 15.1. The molecule has 0 unspecified atom stereocenters. The standard InChI is InChI=1S/C48H68ClN2O2/c1-10-15-28-50-41-25-24-38(52-30-17-12-3)33-39(41)47(6,7)44(50)26-22-36-20-19-21-37(46(36)49)23-27-45-48(8,9)40-34-43(53-31-18-13-4)35(14-5)32-42(40)51(45)29-16-11-2/h22-27,32-34H,10-21,28-31H2,1-9H3/q+1. The second kappa shape index (κ2) is 18.4. The van der Waals surface area contributed by atoms with Crippen LogP contribution in [0.5, 0.6) is 11.5 Å². The molecule has 0 fully saturated rings. The number of anilines is 1. The van der Waals surface area contributed by atoms with Gasteiger partial charge < -0.3 is 14.4 Å². The Morgan fingerprint density at radius 1 is 0.774 bits per heavy atom. The molecule has 5 rings (SSSR count). The number of allylic oxidation sites excluding steroid dienone is 8. The SMILES string of the molecule is CCCCOc1ccc2c(c1)C(C)(C)C(C=CC1=C(Cl)C(=CC=C3N(CCCC)c4cc(CC)c(OCCCC)cc4C3(C)C)CCC1)=[N+]2CCCC. The van der Waals surface area contributed by atoms with Gasteiger partial charge in [-0.3, -0.25) is 0 Å². The van der Waals surface area contributed by atoms with Gasteiger partial charge in [-0.15, -0.1) is 0 Å². The third kappa shape index (κ3) is 8.85. The average Bonchev–Trinajstić information content (AvgIpc) is 3.48. The first kappa shape index (κ1) is 40.9. The van der Waals surface area contributed by atoms with Gasteiger partial charge in [0, 0.05) is 52.5 Å². The Kier molecular flexibility index (Phi) is 14.2. The maximum absolute atomic E-state index is 7.34. The van der Waals surface area contributed by atoms with E-state index in [0.717, 1.165) is 120 Å². The predicted octanol–water partition coefficient (Wildman–Crippen LogP) is 13.4. The average molecular weight is 741 g/mol. The molecule has 0 atom stereocenters. The normalized spacial score (nSPS) is 19.2. The Bertz CT molecular complexity index is 1750. The minimum atomic E-state index is -0.147. The van der Waals surface area contributed by atoms with Gasteiger partial charge in [0.15, 0.2) is 5.71 Å². The van der Waals surface area contributed by atoms with Gasteiger partial charge in [0.1, 0.15) is 18.0 Å². The zero-order valence-electron chi connectivity index (χ0n) is 34.6. The molecular weight excluding hydrogens is 672 g/mol. The third-order valence-electron chi connectivity index (χ3n) is 11.7. The van der Waals surface area contributed by atoms with Gasteiger partial charge in [0.25, 0.3) is 0 Å². The lowest BCUT2D eigenvalue weighted by Crippen LogP contribution is -2.28. The van der Waals surface area contributed by atoms with Gasteiger partial charge >= 0.3 is 0 Å². The summed E-state index contributed by atoms with van der Waals surface area (Å²) in [6.07, 6.45) is 22.5. The van der Waals surface area contributed by atoms with Crippen LogP contribution in [0, 0.1) is 0 Å². The number of aryl methyl sites for hydroxylation is 1. The van der Waals surface area contributed by atoms with Gasteiger partial charge in [-0.25, -0.2) is 0 Å². The number of benzene rings is 2. The number of hydrogen-bond acceptors (Lipinski definition) is 3. The molecular formula is C48H68ClN2O2+. The second-order valence-electron chi connectivity index (χ2n) is 16.3. The van der Waals surface area contributed by atoms with Gasteiger partial charge in [-0.1, -0.05) is 97.9 Å². The molecule has 0 radical (unpaired) electrons. The molecule has 288 valence electrons. The van der Waals surface area contributed by atoms with Crippen molar-refractivity contribution in [3.8, 4) is 11.5 Å². The summed E-state index contributed by atoms with van der Waals surface area (Å²) in [4.78, 5) is 2.58. The van der Waals surface area contributed by atoms with Crippen molar-refractivity contribution in [2.75, 3.05) is 31.2 Å². The molecule has 0 bridgehead atoms. The highest BCUT2D eigenvalue weighted by Gasteiger charge is 2.45. The molecule has 4 nitrogen and oxygen atoms in total. The highest BCUT2D eigenvalue weighted by Crippen LogP contribution is 2.50. The van der Waals surface area contributed by atoms with Crippen LogP contribution in [0.15, 0.2) is 76.5 Å². The van der Waals surface area contributed by atoms with E-state index < -0.39 is 0 Å². The summed E-state index contributed by atoms with van der Waals surface area (Å²) in [5.41, 5.74) is 11.5. The van der Waals surface area contributed by atoms with Crippen LogP contribution in [0.25, 0.3) is 0 Å². The van der Waals surface area contributed by atoms with Crippen LogP contribution in [0.3, 0.4) is 0 Å². The first-order valence-electron chi connectivity index (χ1n) is 21.0. The first-order chi connectivity index (χ1) is 25.5. The van der Waals surface area contributed by atoms with E-state index in [4.69, 9.17) is 21.1 Å². The van der Waals surface area contributed by atoms with E-state index in [0.29, 0.717) is 0 Å². The fraction of sp³-hybridized carbons (Fsp3) is 0.562. The van der Waals surface area contributed by atoms with Crippen molar-refractivity contribution in [3.63, 3.8) is 0 Å². The Hall–Kier alpha value is -3.24. The summed E-state index contributed by atoms with van der Waals surface area (Å²) in [6, 6.07) is 11.5. The van der Waals surface area contributed by atoms with E-state index in [-0.39, 0.29) is 10.8 Å². The molecule has 3 aliphatic rings. The van der Waals surface area contributed by atoms with Crippen molar-refractivity contribution in [1.82, 2.24) is 0 Å². The molecule has 53 heavy (non-hydrogen) atoms. The van der Waals surface area contributed by atoms with Crippen LogP contribution in [0.2, 0.25) is 0 Å². The number of nitrogens with zero attached hydrogens (tertiary/aromatic N) is 2. The van der Waals surface area contributed by atoms with Crippen molar-refractivity contribution < 1.29 is 14.0 Å². The summed E-state index contributed by atoms with van der Waals surface area (Å²) >= 11 is 7.34. The number of unbranched alkanes of at least 4 members (excludes halogenated alkanes) is 4. The number of halogens is 1. The molecule has 5 heteroatoms. The molecule has 2 aliphatic heterocycles. The van der Waals surface area contributed by atoms with Crippen LogP contribution in [-0.4, -0.2) is 36.6 Å². The highest BCUT2D eigenvalue weighted by atomic mass is 35.5. The topological polar surface area (TPSA) is 24.7 Å². The smallest absolute Gasteiger partial charge is 0.210 e. The summed E-state index contributed by atoms with van der Waals surface area (Å²) in [7, 11) is 0. The molecule has 0 aromatic heterocycles. The van der Waals surface area contributed by atoms with Crippen LogP contribution in [0.4, 0.5) is 11.4 Å². The number of rotatable bonds is 18. The van der Waals surface area contributed by atoms with Crippen molar-refractivity contribution in [2.24, 2.45) is 0 Å². The van der Waals surface area contributed by atoms with Crippen LogP contribution in [-0.2, 0) is 17.3 Å². The molecule has 1 aliphatic carbocycles. The van der Waals surface area contributed by atoms with E-state index >= 15 is 0 Å². The Morgan fingerprint density at radius 3 is 2.19 bits per heavy atom. The summed E-state index contributed by atoms with van der Waals surface area (Å²) in [5, 5.41) is 0.915. The fourth-order valence-corrected chi connectivity index (χ4v) is 8.55.